The molecule has 5 heteroatoms. The summed E-state index contributed by atoms with van der Waals surface area (Å²) < 4.78 is 0. The largest absolute Gasteiger partial charge is 0.316 e. The average Bonchev–Trinajstić information content (AvgIpc) is 2.75. The monoisotopic (exact) mass is 252 g/mol. The van der Waals surface area contributed by atoms with Crippen molar-refractivity contribution in [3.8, 4) is 0 Å². The predicted molar refractivity (Wildman–Crippen MR) is 66.9 cm³/mol. The molecule has 17 heavy (non-hydrogen) atoms. The van der Waals surface area contributed by atoms with Crippen LogP contribution < -0.4 is 5.32 Å². The van der Waals surface area contributed by atoms with Gasteiger partial charge in [0.2, 0.25) is 0 Å². The van der Waals surface area contributed by atoms with Crippen molar-refractivity contribution in [2.45, 2.75) is 13.5 Å². The normalized spacial score (nSPS) is 28.6. The van der Waals surface area contributed by atoms with Gasteiger partial charge in [0.15, 0.2) is 0 Å². The van der Waals surface area contributed by atoms with Gasteiger partial charge in [-0.05, 0) is 37.9 Å². The fourth-order valence-electron chi connectivity index (χ4n) is 2.94. The molecular weight excluding hydrogens is 236 g/mol. The minimum Gasteiger partial charge on any atom is -0.316 e. The van der Waals surface area contributed by atoms with Crippen LogP contribution in [0.2, 0.25) is 5.15 Å². The number of rotatable bonds is 2. The van der Waals surface area contributed by atoms with Crippen LogP contribution in [0.15, 0.2) is 6.07 Å². The summed E-state index contributed by atoms with van der Waals surface area (Å²) in [6, 6.07) is 1.80. The number of hydrogen-bond donors (Lipinski definition) is 1. The van der Waals surface area contributed by atoms with Gasteiger partial charge in [-0.2, -0.15) is 0 Å². The quantitative estimate of drug-likeness (QED) is 0.800. The molecule has 2 unspecified atom stereocenters. The van der Waals surface area contributed by atoms with E-state index in [2.05, 4.69) is 20.2 Å². The Balaban J connectivity index is 1.67. The standard InChI is InChI=1S/C12H17ClN4/c1-8-2-11(13)16-12(15-8)7-17-5-9-3-14-4-10(9)6-17/h2,9-10,14H,3-7H2,1H3. The minimum absolute atomic E-state index is 0.550. The van der Waals surface area contributed by atoms with E-state index in [1.165, 1.54) is 0 Å². The number of hydrogen-bond acceptors (Lipinski definition) is 4. The van der Waals surface area contributed by atoms with Crippen LogP contribution in [0.4, 0.5) is 0 Å². The molecule has 2 aliphatic heterocycles. The van der Waals surface area contributed by atoms with Gasteiger partial charge in [0.25, 0.3) is 0 Å². The summed E-state index contributed by atoms with van der Waals surface area (Å²) in [5.41, 5.74) is 0.945. The Hall–Kier alpha value is -0.710. The maximum atomic E-state index is 5.95. The van der Waals surface area contributed by atoms with Crippen molar-refractivity contribution >= 4 is 11.6 Å². The SMILES string of the molecule is Cc1cc(Cl)nc(CN2CC3CNCC3C2)n1. The second-order valence-electron chi connectivity index (χ2n) is 5.12. The van der Waals surface area contributed by atoms with E-state index in [-0.39, 0.29) is 0 Å². The number of nitrogens with zero attached hydrogens (tertiary/aromatic N) is 3. The number of halogens is 1. The minimum atomic E-state index is 0.550. The summed E-state index contributed by atoms with van der Waals surface area (Å²) in [5.74, 6) is 2.48. The molecule has 0 radical (unpaired) electrons. The molecule has 3 heterocycles. The van der Waals surface area contributed by atoms with E-state index >= 15 is 0 Å². The number of aromatic nitrogens is 2. The van der Waals surface area contributed by atoms with E-state index in [9.17, 15) is 0 Å². The van der Waals surface area contributed by atoms with Crippen LogP contribution in [0.25, 0.3) is 0 Å². The molecule has 1 aromatic rings. The molecule has 2 atom stereocenters. The molecule has 0 amide bonds. The molecule has 0 saturated carbocycles. The third kappa shape index (κ3) is 2.44. The molecule has 3 rings (SSSR count). The lowest BCUT2D eigenvalue weighted by Gasteiger charge is -2.15. The first-order valence-electron chi connectivity index (χ1n) is 6.14. The van der Waals surface area contributed by atoms with Gasteiger partial charge in [-0.1, -0.05) is 11.6 Å². The highest BCUT2D eigenvalue weighted by atomic mass is 35.5. The lowest BCUT2D eigenvalue weighted by molar-refractivity contribution is 0.297. The number of fused-ring (bicyclic) bond motifs is 1. The second-order valence-corrected chi connectivity index (χ2v) is 5.51. The van der Waals surface area contributed by atoms with Crippen molar-refractivity contribution in [1.29, 1.82) is 0 Å². The van der Waals surface area contributed by atoms with Crippen LogP contribution >= 0.6 is 11.6 Å². The Morgan fingerprint density at radius 3 is 2.71 bits per heavy atom. The molecular formula is C12H17ClN4. The first-order chi connectivity index (χ1) is 8.20. The van der Waals surface area contributed by atoms with Crippen LogP contribution in [-0.2, 0) is 6.54 Å². The smallest absolute Gasteiger partial charge is 0.144 e. The van der Waals surface area contributed by atoms with Gasteiger partial charge in [0, 0.05) is 18.8 Å². The van der Waals surface area contributed by atoms with Crippen molar-refractivity contribution in [1.82, 2.24) is 20.2 Å². The van der Waals surface area contributed by atoms with Crippen LogP contribution in [0.5, 0.6) is 0 Å². The fourth-order valence-corrected chi connectivity index (χ4v) is 3.20. The molecule has 0 spiro atoms. The Bertz CT molecular complexity index is 391. The van der Waals surface area contributed by atoms with Crippen molar-refractivity contribution in [3.63, 3.8) is 0 Å². The molecule has 1 N–H and O–H groups in total. The Morgan fingerprint density at radius 2 is 2.06 bits per heavy atom. The third-order valence-corrected chi connectivity index (χ3v) is 3.89. The van der Waals surface area contributed by atoms with Crippen molar-refractivity contribution < 1.29 is 0 Å². The maximum absolute atomic E-state index is 5.95. The van der Waals surface area contributed by atoms with Crippen LogP contribution in [0.3, 0.4) is 0 Å². The van der Waals surface area contributed by atoms with Gasteiger partial charge in [-0.3, -0.25) is 4.90 Å². The first-order valence-corrected chi connectivity index (χ1v) is 6.51. The third-order valence-electron chi connectivity index (χ3n) is 3.70. The zero-order chi connectivity index (χ0) is 11.8. The van der Waals surface area contributed by atoms with E-state index in [4.69, 9.17) is 11.6 Å². The highest BCUT2D eigenvalue weighted by Gasteiger charge is 2.36. The maximum Gasteiger partial charge on any atom is 0.144 e. The molecule has 2 fully saturated rings. The molecule has 0 bridgehead atoms. The average molecular weight is 253 g/mol. The van der Waals surface area contributed by atoms with E-state index in [0.29, 0.717) is 5.15 Å². The fraction of sp³-hybridized carbons (Fsp3) is 0.667. The van der Waals surface area contributed by atoms with Crippen molar-refractivity contribution in [2.24, 2.45) is 11.8 Å². The van der Waals surface area contributed by atoms with E-state index < -0.39 is 0 Å². The van der Waals surface area contributed by atoms with Gasteiger partial charge < -0.3 is 5.32 Å². The molecule has 0 aromatic carbocycles. The Labute approximate surface area is 106 Å². The predicted octanol–water partition coefficient (Wildman–Crippen LogP) is 1.09. The summed E-state index contributed by atoms with van der Waals surface area (Å²) in [6.07, 6.45) is 0. The second kappa shape index (κ2) is 4.52. The van der Waals surface area contributed by atoms with Gasteiger partial charge >= 0.3 is 0 Å². The summed E-state index contributed by atoms with van der Waals surface area (Å²) in [5, 5.41) is 4.00. The van der Waals surface area contributed by atoms with Crippen LogP contribution in [0.1, 0.15) is 11.5 Å². The van der Waals surface area contributed by atoms with Gasteiger partial charge in [0.05, 0.1) is 6.54 Å². The summed E-state index contributed by atoms with van der Waals surface area (Å²) in [4.78, 5) is 11.2. The molecule has 0 aliphatic carbocycles. The number of aryl methyl sites for hydroxylation is 1. The van der Waals surface area contributed by atoms with Crippen LogP contribution in [-0.4, -0.2) is 41.0 Å². The zero-order valence-corrected chi connectivity index (χ0v) is 10.7. The van der Waals surface area contributed by atoms with E-state index in [1.807, 2.05) is 6.92 Å². The first kappa shape index (κ1) is 11.4. The van der Waals surface area contributed by atoms with Crippen molar-refractivity contribution in [2.75, 3.05) is 26.2 Å². The molecule has 4 nitrogen and oxygen atoms in total. The highest BCUT2D eigenvalue weighted by Crippen LogP contribution is 2.27. The number of likely N-dealkylation sites (tertiary alicyclic amines) is 1. The molecule has 2 saturated heterocycles. The van der Waals surface area contributed by atoms with Gasteiger partial charge in [-0.25, -0.2) is 9.97 Å². The Morgan fingerprint density at radius 1 is 1.35 bits per heavy atom. The summed E-state index contributed by atoms with van der Waals surface area (Å²) >= 11 is 5.95. The number of nitrogens with one attached hydrogen (secondary N) is 1. The van der Waals surface area contributed by atoms with E-state index in [0.717, 1.165) is 56.1 Å². The zero-order valence-electron chi connectivity index (χ0n) is 9.99. The Kier molecular flexibility index (Phi) is 3.03. The van der Waals surface area contributed by atoms with Crippen molar-refractivity contribution in [3.05, 3.63) is 22.7 Å². The van der Waals surface area contributed by atoms with Gasteiger partial charge in [0.1, 0.15) is 11.0 Å². The summed E-state index contributed by atoms with van der Waals surface area (Å²) in [6.45, 7) is 7.43. The van der Waals surface area contributed by atoms with Crippen LogP contribution in [0, 0.1) is 18.8 Å². The van der Waals surface area contributed by atoms with E-state index in [1.54, 1.807) is 6.07 Å². The van der Waals surface area contributed by atoms with Gasteiger partial charge in [-0.15, -0.1) is 0 Å². The molecule has 2 aliphatic rings. The lowest BCUT2D eigenvalue weighted by Crippen LogP contribution is -2.26. The summed E-state index contributed by atoms with van der Waals surface area (Å²) in [7, 11) is 0. The molecule has 92 valence electrons. The highest BCUT2D eigenvalue weighted by molar-refractivity contribution is 6.29. The topological polar surface area (TPSA) is 41.1 Å². The lowest BCUT2D eigenvalue weighted by atomic mass is 10.0. The molecule has 1 aromatic heterocycles.